The largest absolute Gasteiger partial charge is 0.367 e. The van der Waals surface area contributed by atoms with Gasteiger partial charge in [0.05, 0.1) is 11.9 Å². The van der Waals surface area contributed by atoms with Crippen molar-refractivity contribution in [3.8, 4) is 0 Å². The molecular weight excluding hydrogens is 290 g/mol. The van der Waals surface area contributed by atoms with Gasteiger partial charge in [0.25, 0.3) is 0 Å². The van der Waals surface area contributed by atoms with Gasteiger partial charge in [-0.2, -0.15) is 0 Å². The van der Waals surface area contributed by atoms with Crippen molar-refractivity contribution in [1.82, 2.24) is 10.3 Å². The number of anilines is 1. The van der Waals surface area contributed by atoms with Crippen molar-refractivity contribution in [3.05, 3.63) is 22.9 Å². The van der Waals surface area contributed by atoms with E-state index in [1.807, 2.05) is 12.4 Å². The topological polar surface area (TPSA) is 28.2 Å². The van der Waals surface area contributed by atoms with Gasteiger partial charge >= 0.3 is 0 Å². The third kappa shape index (κ3) is 2.41. The molecule has 2 aliphatic rings. The molecule has 0 aliphatic carbocycles. The average molecular weight is 310 g/mol. The maximum absolute atomic E-state index is 4.30. The Balaban J connectivity index is 1.80. The van der Waals surface area contributed by atoms with E-state index in [4.69, 9.17) is 0 Å². The lowest BCUT2D eigenvalue weighted by Crippen LogP contribution is -2.48. The Kier molecular flexibility index (Phi) is 3.57. The van der Waals surface area contributed by atoms with E-state index in [0.717, 1.165) is 23.1 Å². The molecule has 18 heavy (non-hydrogen) atoms. The summed E-state index contributed by atoms with van der Waals surface area (Å²) in [4.78, 5) is 6.82. The fraction of sp³-hybridized carbons (Fsp3) is 0.643. The molecule has 0 saturated carbocycles. The molecule has 98 valence electrons. The second kappa shape index (κ2) is 5.17. The molecule has 1 N–H and O–H groups in total. The molecule has 3 rings (SSSR count). The van der Waals surface area contributed by atoms with Crippen molar-refractivity contribution in [2.45, 2.75) is 50.7 Å². The number of nitrogens with one attached hydrogen (secondary N) is 1. The number of piperidine rings is 1. The van der Waals surface area contributed by atoms with Crippen LogP contribution in [0.4, 0.5) is 5.69 Å². The molecule has 0 amide bonds. The van der Waals surface area contributed by atoms with Crippen LogP contribution in [0.15, 0.2) is 22.9 Å². The monoisotopic (exact) mass is 309 g/mol. The maximum Gasteiger partial charge on any atom is 0.0566 e. The lowest BCUT2D eigenvalue weighted by Gasteiger charge is -2.38. The van der Waals surface area contributed by atoms with E-state index >= 15 is 0 Å². The quantitative estimate of drug-likeness (QED) is 0.930. The van der Waals surface area contributed by atoms with Crippen LogP contribution in [0.5, 0.6) is 0 Å². The van der Waals surface area contributed by atoms with E-state index in [1.54, 1.807) is 0 Å². The highest BCUT2D eigenvalue weighted by Gasteiger charge is 2.35. The van der Waals surface area contributed by atoms with Crippen molar-refractivity contribution >= 4 is 21.6 Å². The molecule has 2 atom stereocenters. The van der Waals surface area contributed by atoms with E-state index in [-0.39, 0.29) is 0 Å². The fourth-order valence-electron chi connectivity index (χ4n) is 3.49. The van der Waals surface area contributed by atoms with Gasteiger partial charge in [0.15, 0.2) is 0 Å². The first-order valence-corrected chi connectivity index (χ1v) is 7.69. The first kappa shape index (κ1) is 12.4. The zero-order chi connectivity index (χ0) is 12.5. The number of hydrogen-bond acceptors (Lipinski definition) is 3. The van der Waals surface area contributed by atoms with E-state index in [1.165, 1.54) is 31.4 Å². The molecule has 1 aromatic heterocycles. The van der Waals surface area contributed by atoms with Crippen LogP contribution >= 0.6 is 15.9 Å². The minimum absolute atomic E-state index is 0.671. The van der Waals surface area contributed by atoms with Crippen LogP contribution in [-0.4, -0.2) is 29.7 Å². The maximum atomic E-state index is 4.30. The van der Waals surface area contributed by atoms with Crippen LogP contribution in [0, 0.1) is 0 Å². The first-order chi connectivity index (χ1) is 8.76. The van der Waals surface area contributed by atoms with E-state index in [9.17, 15) is 0 Å². The zero-order valence-corrected chi connectivity index (χ0v) is 12.4. The smallest absolute Gasteiger partial charge is 0.0566 e. The van der Waals surface area contributed by atoms with Gasteiger partial charge in [0, 0.05) is 35.3 Å². The predicted molar refractivity (Wildman–Crippen MR) is 77.9 cm³/mol. The lowest BCUT2D eigenvalue weighted by atomic mass is 9.98. The molecular formula is C14H20BrN3. The number of nitrogens with zero attached hydrogens (tertiary/aromatic N) is 2. The number of aromatic nitrogens is 1. The van der Waals surface area contributed by atoms with Crippen molar-refractivity contribution in [3.63, 3.8) is 0 Å². The molecule has 2 saturated heterocycles. The summed E-state index contributed by atoms with van der Waals surface area (Å²) in [6, 6.07) is 4.33. The van der Waals surface area contributed by atoms with Crippen molar-refractivity contribution < 1.29 is 0 Å². The summed E-state index contributed by atoms with van der Waals surface area (Å²) in [5, 5.41) is 3.71. The lowest BCUT2D eigenvalue weighted by molar-refractivity contribution is 0.349. The number of pyridine rings is 1. The van der Waals surface area contributed by atoms with Crippen molar-refractivity contribution in [2.75, 3.05) is 11.4 Å². The first-order valence-electron chi connectivity index (χ1n) is 6.89. The summed E-state index contributed by atoms with van der Waals surface area (Å²) in [5.74, 6) is 0. The zero-order valence-electron chi connectivity index (χ0n) is 10.8. The predicted octanol–water partition coefficient (Wildman–Crippen LogP) is 2.95. The third-order valence-electron chi connectivity index (χ3n) is 4.25. The minimum Gasteiger partial charge on any atom is -0.367 e. The molecule has 0 spiro atoms. The van der Waals surface area contributed by atoms with Gasteiger partial charge in [-0.1, -0.05) is 0 Å². The molecule has 4 heteroatoms. The van der Waals surface area contributed by atoms with Gasteiger partial charge in [-0.3, -0.25) is 4.98 Å². The van der Waals surface area contributed by atoms with E-state index in [0.29, 0.717) is 6.04 Å². The summed E-state index contributed by atoms with van der Waals surface area (Å²) in [5.41, 5.74) is 1.25. The van der Waals surface area contributed by atoms with Crippen molar-refractivity contribution in [2.24, 2.45) is 0 Å². The van der Waals surface area contributed by atoms with Crippen LogP contribution in [0.3, 0.4) is 0 Å². The minimum atomic E-state index is 0.671. The van der Waals surface area contributed by atoms with Crippen LogP contribution in [0.25, 0.3) is 0 Å². The molecule has 1 aromatic rings. The van der Waals surface area contributed by atoms with Gasteiger partial charge in [0.2, 0.25) is 0 Å². The van der Waals surface area contributed by atoms with E-state index in [2.05, 4.69) is 44.1 Å². The highest BCUT2D eigenvalue weighted by molar-refractivity contribution is 9.10. The van der Waals surface area contributed by atoms with Crippen molar-refractivity contribution in [1.29, 1.82) is 0 Å². The van der Waals surface area contributed by atoms with Crippen LogP contribution in [0.2, 0.25) is 0 Å². The Hall–Kier alpha value is -0.610. The average Bonchev–Trinajstić information content (AvgIpc) is 2.70. The Morgan fingerprint density at radius 3 is 2.67 bits per heavy atom. The molecule has 2 aliphatic heterocycles. The Morgan fingerprint density at radius 1 is 1.33 bits per heavy atom. The summed E-state index contributed by atoms with van der Waals surface area (Å²) >= 11 is 3.52. The van der Waals surface area contributed by atoms with Crippen LogP contribution < -0.4 is 10.2 Å². The molecule has 0 aromatic carbocycles. The molecule has 2 bridgehead atoms. The molecule has 2 fully saturated rings. The second-order valence-corrected chi connectivity index (χ2v) is 6.33. The summed E-state index contributed by atoms with van der Waals surface area (Å²) in [6.45, 7) is 3.30. The Bertz CT molecular complexity index is 411. The van der Waals surface area contributed by atoms with E-state index < -0.39 is 0 Å². The Morgan fingerprint density at radius 2 is 2.06 bits per heavy atom. The number of rotatable bonds is 3. The normalized spacial score (nSPS) is 30.4. The highest BCUT2D eigenvalue weighted by Crippen LogP contribution is 2.32. The van der Waals surface area contributed by atoms with Gasteiger partial charge in [-0.25, -0.2) is 0 Å². The van der Waals surface area contributed by atoms with Gasteiger partial charge < -0.3 is 10.2 Å². The number of hydrogen-bond donors (Lipinski definition) is 1. The standard InChI is InChI=1S/C14H20BrN3/c1-2-18(14-5-10(15)8-16-9-14)13-6-11-3-4-12(7-13)17-11/h5,8-9,11-13,17H,2-4,6-7H2,1H3. The summed E-state index contributed by atoms with van der Waals surface area (Å²) in [7, 11) is 0. The molecule has 0 radical (unpaired) electrons. The number of fused-ring (bicyclic) bond motifs is 2. The fourth-order valence-corrected chi connectivity index (χ4v) is 3.84. The Labute approximate surface area is 117 Å². The molecule has 3 nitrogen and oxygen atoms in total. The summed E-state index contributed by atoms with van der Waals surface area (Å²) < 4.78 is 1.07. The molecule has 2 unspecified atom stereocenters. The molecule has 3 heterocycles. The SMILES string of the molecule is CCN(c1cncc(Br)c1)C1CC2CCC(C1)N2. The highest BCUT2D eigenvalue weighted by atomic mass is 79.9. The number of halogens is 1. The van der Waals surface area contributed by atoms with Gasteiger partial charge in [-0.15, -0.1) is 0 Å². The van der Waals surface area contributed by atoms with Crippen LogP contribution in [-0.2, 0) is 0 Å². The van der Waals surface area contributed by atoms with Gasteiger partial charge in [-0.05, 0) is 54.6 Å². The van der Waals surface area contributed by atoms with Gasteiger partial charge in [0.1, 0.15) is 0 Å². The van der Waals surface area contributed by atoms with Crippen LogP contribution in [0.1, 0.15) is 32.6 Å². The summed E-state index contributed by atoms with van der Waals surface area (Å²) in [6.07, 6.45) is 9.10. The third-order valence-corrected chi connectivity index (χ3v) is 4.69. The second-order valence-electron chi connectivity index (χ2n) is 5.41.